The highest BCUT2D eigenvalue weighted by molar-refractivity contribution is 5.84. The molecule has 2 rings (SSSR count). The van der Waals surface area contributed by atoms with E-state index >= 15 is 0 Å². The minimum atomic E-state index is -0.906. The molecule has 1 saturated heterocycles. The molecule has 1 aromatic carbocycles. The summed E-state index contributed by atoms with van der Waals surface area (Å²) in [6.45, 7) is 2.51. The maximum atomic E-state index is 12.2. The van der Waals surface area contributed by atoms with Gasteiger partial charge in [-0.25, -0.2) is 4.79 Å². The molecule has 108 valence electrons. The Balaban J connectivity index is 2.00. The van der Waals surface area contributed by atoms with Crippen LogP contribution in [-0.4, -0.2) is 34.5 Å². The number of hydrogen-bond donors (Lipinski definition) is 2. The predicted molar refractivity (Wildman–Crippen MR) is 76.3 cm³/mol. The summed E-state index contributed by atoms with van der Waals surface area (Å²) in [5.41, 5.74) is 7.37. The molecule has 1 aliphatic rings. The summed E-state index contributed by atoms with van der Waals surface area (Å²) in [6, 6.07) is 6.79. The lowest BCUT2D eigenvalue weighted by atomic mass is 9.97. The summed E-state index contributed by atoms with van der Waals surface area (Å²) < 4.78 is 0. The second-order valence-electron chi connectivity index (χ2n) is 5.36. The third kappa shape index (κ3) is 3.10. The van der Waals surface area contributed by atoms with Crippen LogP contribution >= 0.6 is 0 Å². The van der Waals surface area contributed by atoms with Gasteiger partial charge >= 0.3 is 5.97 Å². The molecule has 5 heteroatoms. The fourth-order valence-corrected chi connectivity index (χ4v) is 2.64. The van der Waals surface area contributed by atoms with Crippen LogP contribution in [0.25, 0.3) is 0 Å². The van der Waals surface area contributed by atoms with Crippen molar-refractivity contribution in [2.75, 3.05) is 12.3 Å². The first kappa shape index (κ1) is 14.4. The Bertz CT molecular complexity index is 498. The maximum Gasteiger partial charge on any atom is 0.326 e. The monoisotopic (exact) mass is 276 g/mol. The third-order valence-corrected chi connectivity index (χ3v) is 3.84. The molecular formula is C15H20N2O3. The van der Waals surface area contributed by atoms with Gasteiger partial charge in [-0.3, -0.25) is 4.79 Å². The maximum absolute atomic E-state index is 12.2. The molecule has 0 radical (unpaired) electrons. The number of carbonyl (C=O) groups excluding carboxylic acids is 1. The van der Waals surface area contributed by atoms with E-state index in [-0.39, 0.29) is 11.8 Å². The summed E-state index contributed by atoms with van der Waals surface area (Å²) in [5.74, 6) is -0.937. The molecular weight excluding hydrogens is 256 g/mol. The summed E-state index contributed by atoms with van der Waals surface area (Å²) >= 11 is 0. The van der Waals surface area contributed by atoms with Crippen molar-refractivity contribution in [3.63, 3.8) is 0 Å². The molecule has 1 unspecified atom stereocenters. The van der Waals surface area contributed by atoms with E-state index < -0.39 is 12.0 Å². The number of nitrogen functional groups attached to an aromatic ring is 1. The zero-order chi connectivity index (χ0) is 14.7. The van der Waals surface area contributed by atoms with Crippen molar-refractivity contribution < 1.29 is 14.7 Å². The van der Waals surface area contributed by atoms with Crippen LogP contribution in [0.15, 0.2) is 24.3 Å². The van der Waals surface area contributed by atoms with E-state index in [0.29, 0.717) is 25.1 Å². The van der Waals surface area contributed by atoms with Crippen LogP contribution in [0.2, 0.25) is 0 Å². The van der Waals surface area contributed by atoms with Gasteiger partial charge in [-0.2, -0.15) is 0 Å². The molecule has 1 aliphatic heterocycles. The SMILES string of the molecule is CC(CC(=O)N1CCC[C@@H]1C(=O)O)c1ccc(N)cc1. The number of nitrogens with zero attached hydrogens (tertiary/aromatic N) is 1. The topological polar surface area (TPSA) is 83.6 Å². The van der Waals surface area contributed by atoms with Gasteiger partial charge in [0.25, 0.3) is 0 Å². The van der Waals surface area contributed by atoms with E-state index in [2.05, 4.69) is 0 Å². The quantitative estimate of drug-likeness (QED) is 0.822. The number of nitrogens with two attached hydrogens (primary N) is 1. The second-order valence-corrected chi connectivity index (χ2v) is 5.36. The predicted octanol–water partition coefficient (Wildman–Crippen LogP) is 1.84. The van der Waals surface area contributed by atoms with Gasteiger partial charge < -0.3 is 15.7 Å². The molecule has 0 bridgehead atoms. The molecule has 0 aromatic heterocycles. The van der Waals surface area contributed by atoms with Gasteiger partial charge in [0.2, 0.25) is 5.91 Å². The highest BCUT2D eigenvalue weighted by Crippen LogP contribution is 2.24. The molecule has 20 heavy (non-hydrogen) atoms. The Hall–Kier alpha value is -2.04. The number of carboxylic acid groups (broad SMARTS) is 1. The van der Waals surface area contributed by atoms with E-state index in [0.717, 1.165) is 12.0 Å². The normalized spacial score (nSPS) is 19.9. The van der Waals surface area contributed by atoms with Crippen molar-refractivity contribution in [1.29, 1.82) is 0 Å². The van der Waals surface area contributed by atoms with Crippen LogP contribution in [0.1, 0.15) is 37.7 Å². The highest BCUT2D eigenvalue weighted by Gasteiger charge is 2.34. The van der Waals surface area contributed by atoms with Gasteiger partial charge in [-0.1, -0.05) is 19.1 Å². The standard InChI is InChI=1S/C15H20N2O3/c1-10(11-4-6-12(16)7-5-11)9-14(18)17-8-2-3-13(17)15(19)20/h4-7,10,13H,2-3,8-9,16H2,1H3,(H,19,20)/t10?,13-/m1/s1. The molecule has 0 saturated carbocycles. The number of amides is 1. The number of anilines is 1. The molecule has 3 N–H and O–H groups in total. The third-order valence-electron chi connectivity index (χ3n) is 3.84. The molecule has 0 aliphatic carbocycles. The van der Waals surface area contributed by atoms with Gasteiger partial charge in [0.1, 0.15) is 6.04 Å². The molecule has 1 amide bonds. The Morgan fingerprint density at radius 3 is 2.65 bits per heavy atom. The zero-order valence-electron chi connectivity index (χ0n) is 11.6. The van der Waals surface area contributed by atoms with E-state index in [1.165, 1.54) is 4.90 Å². The van der Waals surface area contributed by atoms with Crippen LogP contribution in [0.4, 0.5) is 5.69 Å². The first-order chi connectivity index (χ1) is 9.49. The lowest BCUT2D eigenvalue weighted by Gasteiger charge is -2.23. The van der Waals surface area contributed by atoms with Crippen molar-refractivity contribution in [2.24, 2.45) is 0 Å². The van der Waals surface area contributed by atoms with Gasteiger partial charge in [-0.05, 0) is 36.5 Å². The van der Waals surface area contributed by atoms with Crippen LogP contribution in [0.5, 0.6) is 0 Å². The van der Waals surface area contributed by atoms with Gasteiger partial charge in [-0.15, -0.1) is 0 Å². The van der Waals surface area contributed by atoms with Crippen LogP contribution < -0.4 is 5.73 Å². The Morgan fingerprint density at radius 1 is 1.40 bits per heavy atom. The summed E-state index contributed by atoms with van der Waals surface area (Å²) in [7, 11) is 0. The number of rotatable bonds is 4. The number of hydrogen-bond acceptors (Lipinski definition) is 3. The number of likely N-dealkylation sites (tertiary alicyclic amines) is 1. The minimum Gasteiger partial charge on any atom is -0.480 e. The number of aliphatic carboxylic acids is 1. The Labute approximate surface area is 118 Å². The van der Waals surface area contributed by atoms with Gasteiger partial charge in [0.05, 0.1) is 0 Å². The van der Waals surface area contributed by atoms with E-state index in [4.69, 9.17) is 10.8 Å². The van der Waals surface area contributed by atoms with Crippen molar-refractivity contribution in [1.82, 2.24) is 4.90 Å². The Morgan fingerprint density at radius 2 is 2.05 bits per heavy atom. The molecule has 1 heterocycles. The number of carboxylic acids is 1. The van der Waals surface area contributed by atoms with Crippen LogP contribution in [0, 0.1) is 0 Å². The minimum absolute atomic E-state index is 0.0538. The van der Waals surface area contributed by atoms with E-state index in [1.54, 1.807) is 0 Å². The molecule has 1 fully saturated rings. The Kier molecular flexibility index (Phi) is 4.27. The fourth-order valence-electron chi connectivity index (χ4n) is 2.64. The van der Waals surface area contributed by atoms with E-state index in [1.807, 2.05) is 31.2 Å². The zero-order valence-corrected chi connectivity index (χ0v) is 11.6. The molecule has 1 aromatic rings. The van der Waals surface area contributed by atoms with Crippen LogP contribution in [-0.2, 0) is 9.59 Å². The summed E-state index contributed by atoms with van der Waals surface area (Å²) in [5, 5.41) is 9.11. The van der Waals surface area contributed by atoms with Crippen molar-refractivity contribution in [3.05, 3.63) is 29.8 Å². The van der Waals surface area contributed by atoms with E-state index in [9.17, 15) is 9.59 Å². The first-order valence-corrected chi connectivity index (χ1v) is 6.86. The van der Waals surface area contributed by atoms with Crippen molar-refractivity contribution >= 4 is 17.6 Å². The van der Waals surface area contributed by atoms with Crippen molar-refractivity contribution in [2.45, 2.75) is 38.1 Å². The second kappa shape index (κ2) is 5.94. The average molecular weight is 276 g/mol. The molecule has 2 atom stereocenters. The number of benzene rings is 1. The summed E-state index contributed by atoms with van der Waals surface area (Å²) in [6.07, 6.45) is 1.64. The van der Waals surface area contributed by atoms with Crippen molar-refractivity contribution in [3.8, 4) is 0 Å². The highest BCUT2D eigenvalue weighted by atomic mass is 16.4. The van der Waals surface area contributed by atoms with Crippen LogP contribution in [0.3, 0.4) is 0 Å². The van der Waals surface area contributed by atoms with Gasteiger partial charge in [0, 0.05) is 18.7 Å². The fraction of sp³-hybridized carbons (Fsp3) is 0.467. The lowest BCUT2D eigenvalue weighted by Crippen LogP contribution is -2.40. The smallest absolute Gasteiger partial charge is 0.326 e. The first-order valence-electron chi connectivity index (χ1n) is 6.86. The van der Waals surface area contributed by atoms with Gasteiger partial charge in [0.15, 0.2) is 0 Å². The lowest BCUT2D eigenvalue weighted by molar-refractivity contribution is -0.148. The largest absolute Gasteiger partial charge is 0.480 e. The number of carbonyl (C=O) groups is 2. The average Bonchev–Trinajstić information content (AvgIpc) is 2.88. The summed E-state index contributed by atoms with van der Waals surface area (Å²) in [4.78, 5) is 24.8. The molecule has 0 spiro atoms. The molecule has 5 nitrogen and oxygen atoms in total.